The van der Waals surface area contributed by atoms with Gasteiger partial charge < -0.3 is 96.8 Å². The maximum absolute atomic E-state index is 12.8. The van der Waals surface area contributed by atoms with E-state index in [4.69, 9.17) is 43.4 Å². The van der Waals surface area contributed by atoms with E-state index in [1.165, 1.54) is 18.2 Å². The second kappa shape index (κ2) is 27.2. The Morgan fingerprint density at radius 3 is 1.26 bits per heavy atom. The summed E-state index contributed by atoms with van der Waals surface area (Å²) in [6, 6.07) is 17.1. The number of hydrogen-bond donors (Lipinski definition) is 15. The molecule has 0 bridgehead atoms. The SMILES string of the molecule is O=C(CCCCCNC(=S)Nc1ccc(O[C@H]2O[C@@H](CO)[C@@H](O)[C@H](O)[C@H]2O)cc1)Nc1cc(NC(=O)CCCCCNC(=S)Nc2ccc(O[C@H]3O[C@@H](CO)[C@@H](O)[C@H](O)[C@H]3O)cc2)cc(C(=O)O)c1. The molecule has 0 spiro atoms. The lowest BCUT2D eigenvalue weighted by Gasteiger charge is -2.39. The van der Waals surface area contributed by atoms with Gasteiger partial charge in [0.1, 0.15) is 60.3 Å². The summed E-state index contributed by atoms with van der Waals surface area (Å²) in [5, 5.41) is 107. The molecule has 0 saturated carbocycles. The van der Waals surface area contributed by atoms with E-state index in [1.54, 1.807) is 48.5 Å². The molecule has 24 heteroatoms. The van der Waals surface area contributed by atoms with Crippen LogP contribution in [0.25, 0.3) is 0 Å². The summed E-state index contributed by atoms with van der Waals surface area (Å²) in [4.78, 5) is 37.3. The zero-order valence-corrected chi connectivity index (χ0v) is 38.9. The van der Waals surface area contributed by atoms with Gasteiger partial charge in [0.2, 0.25) is 24.4 Å². The van der Waals surface area contributed by atoms with Gasteiger partial charge in [-0.25, -0.2) is 4.79 Å². The highest BCUT2D eigenvalue weighted by atomic mass is 32.1. The van der Waals surface area contributed by atoms with Gasteiger partial charge in [0.15, 0.2) is 10.2 Å². The van der Waals surface area contributed by atoms with Crippen molar-refractivity contribution in [3.63, 3.8) is 0 Å². The molecular weight excluding hydrogens is 945 g/mol. The number of aromatic carboxylic acids is 1. The zero-order valence-electron chi connectivity index (χ0n) is 37.3. The first-order chi connectivity index (χ1) is 33.0. The number of nitrogens with one attached hydrogen (secondary N) is 6. The van der Waals surface area contributed by atoms with E-state index in [9.17, 15) is 60.3 Å². The minimum absolute atomic E-state index is 0.107. The summed E-state index contributed by atoms with van der Waals surface area (Å²) in [5.74, 6) is -1.26. The molecule has 0 unspecified atom stereocenters. The van der Waals surface area contributed by atoms with Gasteiger partial charge >= 0.3 is 5.97 Å². The number of carbonyl (C=O) groups is 3. The highest BCUT2D eigenvalue weighted by molar-refractivity contribution is 7.80. The number of unbranched alkanes of at least 4 members (excludes halogenated alkanes) is 4. The molecule has 0 aliphatic carbocycles. The number of amides is 2. The number of carboxylic acids is 1. The van der Waals surface area contributed by atoms with Crippen LogP contribution in [0.3, 0.4) is 0 Å². The average Bonchev–Trinajstić information content (AvgIpc) is 3.32. The topological polar surface area (TPSA) is 342 Å². The molecule has 2 amide bonds. The van der Waals surface area contributed by atoms with Crippen LogP contribution in [0.2, 0.25) is 0 Å². The standard InChI is InChI=1S/C45H60N6O16S2/c52-22-31-35(56)37(58)39(60)42(66-31)64-29-13-9-25(10-14-29)50-44(68)46-17-5-1-3-7-33(54)48-27-19-24(41(62)63)20-28(21-27)49-34(55)8-4-2-6-18-47-45(69)51-26-11-15-30(16-12-26)65-43-40(61)38(59)36(57)32(23-53)67-43/h9-16,19-21,31-32,35-40,42-43,52-53,56-61H,1-8,17-18,22-23H2,(H,48,54)(H,49,55)(H,62,63)(H2,46,50,68)(H2,47,51,69)/t31-,32-,35+,36+,37-,38-,39+,40+,42-,43-/m0/s1. The molecule has 22 nitrogen and oxygen atoms in total. The second-order valence-electron chi connectivity index (χ2n) is 16.3. The lowest BCUT2D eigenvalue weighted by Crippen LogP contribution is -2.60. The third kappa shape index (κ3) is 16.9. The molecule has 2 saturated heterocycles. The lowest BCUT2D eigenvalue weighted by atomic mass is 9.99. The minimum Gasteiger partial charge on any atom is -0.478 e. The van der Waals surface area contributed by atoms with E-state index in [1.807, 2.05) is 0 Å². The molecule has 2 aliphatic rings. The number of aliphatic hydroxyl groups excluding tert-OH is 8. The molecule has 3 aromatic rings. The van der Waals surface area contributed by atoms with Gasteiger partial charge in [-0.1, -0.05) is 12.8 Å². The van der Waals surface area contributed by atoms with Crippen molar-refractivity contribution < 1.29 is 79.3 Å². The van der Waals surface area contributed by atoms with Gasteiger partial charge in [-0.2, -0.15) is 0 Å². The van der Waals surface area contributed by atoms with Crippen molar-refractivity contribution in [2.24, 2.45) is 0 Å². The first-order valence-electron chi connectivity index (χ1n) is 22.3. The third-order valence-corrected chi connectivity index (χ3v) is 11.4. The van der Waals surface area contributed by atoms with Crippen molar-refractivity contribution in [2.45, 2.75) is 113 Å². The molecule has 15 N–H and O–H groups in total. The maximum atomic E-state index is 12.8. The number of thiocarbonyl (C=S) groups is 2. The fourth-order valence-electron chi connectivity index (χ4n) is 7.10. The highest BCUT2D eigenvalue weighted by Gasteiger charge is 2.46. The van der Waals surface area contributed by atoms with Crippen LogP contribution in [0, 0.1) is 0 Å². The summed E-state index contributed by atoms with van der Waals surface area (Å²) in [5.41, 5.74) is 1.62. The Labute approximate surface area is 407 Å². The number of aliphatic hydroxyl groups is 8. The van der Waals surface area contributed by atoms with Crippen LogP contribution in [-0.4, -0.2) is 162 Å². The Hall–Kier alpha value is -5.35. The van der Waals surface area contributed by atoms with Crippen LogP contribution in [0.1, 0.15) is 61.7 Å². The normalized spacial score (nSPS) is 24.3. The Balaban J connectivity index is 0.923. The monoisotopic (exact) mass is 1000 g/mol. The first-order valence-corrected chi connectivity index (χ1v) is 23.1. The summed E-state index contributed by atoms with van der Waals surface area (Å²) < 4.78 is 21.9. The van der Waals surface area contributed by atoms with E-state index >= 15 is 0 Å². The summed E-state index contributed by atoms with van der Waals surface area (Å²) in [6.07, 6.45) is -9.76. The fraction of sp³-hybridized carbons (Fsp3) is 0.489. The summed E-state index contributed by atoms with van der Waals surface area (Å²) >= 11 is 10.7. The quantitative estimate of drug-likeness (QED) is 0.0459. The van der Waals surface area contributed by atoms with Crippen LogP contribution >= 0.6 is 24.4 Å². The number of rotatable bonds is 23. The Morgan fingerprint density at radius 1 is 0.507 bits per heavy atom. The van der Waals surface area contributed by atoms with E-state index in [-0.39, 0.29) is 41.6 Å². The predicted octanol–water partition coefficient (Wildman–Crippen LogP) is 0.713. The molecule has 2 fully saturated rings. The van der Waals surface area contributed by atoms with Crippen molar-refractivity contribution in [3.05, 3.63) is 72.3 Å². The van der Waals surface area contributed by atoms with E-state index < -0.39 is 80.6 Å². The van der Waals surface area contributed by atoms with Crippen molar-refractivity contribution in [3.8, 4) is 11.5 Å². The maximum Gasteiger partial charge on any atom is 0.335 e. The van der Waals surface area contributed by atoms with Crippen LogP contribution in [0.4, 0.5) is 22.7 Å². The Bertz CT molecular complexity index is 2020. The van der Waals surface area contributed by atoms with E-state index in [2.05, 4.69) is 31.9 Å². The molecule has 0 radical (unpaired) electrons. The number of ether oxygens (including phenoxy) is 4. The molecular formula is C45H60N6O16S2. The number of carboxylic acid groups (broad SMARTS) is 1. The molecule has 378 valence electrons. The molecule has 2 aliphatic heterocycles. The smallest absolute Gasteiger partial charge is 0.335 e. The second-order valence-corrected chi connectivity index (χ2v) is 17.1. The Kier molecular flexibility index (Phi) is 21.5. The summed E-state index contributed by atoms with van der Waals surface area (Å²) in [7, 11) is 0. The summed E-state index contributed by atoms with van der Waals surface area (Å²) in [6.45, 7) is -0.0992. The number of anilines is 4. The van der Waals surface area contributed by atoms with Crippen molar-refractivity contribution in [2.75, 3.05) is 47.6 Å². The van der Waals surface area contributed by atoms with Crippen molar-refractivity contribution in [1.82, 2.24) is 10.6 Å². The van der Waals surface area contributed by atoms with Gasteiger partial charge in [-0.15, -0.1) is 0 Å². The van der Waals surface area contributed by atoms with Gasteiger partial charge in [0.05, 0.1) is 18.8 Å². The molecule has 10 atom stereocenters. The minimum atomic E-state index is -1.56. The Morgan fingerprint density at radius 2 is 0.899 bits per heavy atom. The van der Waals surface area contributed by atoms with E-state index in [0.717, 1.165) is 0 Å². The third-order valence-electron chi connectivity index (χ3n) is 10.9. The lowest BCUT2D eigenvalue weighted by molar-refractivity contribution is -0.277. The van der Waals surface area contributed by atoms with E-state index in [0.29, 0.717) is 84.7 Å². The predicted molar refractivity (Wildman–Crippen MR) is 258 cm³/mol. The largest absolute Gasteiger partial charge is 0.478 e. The van der Waals surface area contributed by atoms with Crippen LogP contribution in [0.15, 0.2) is 66.7 Å². The van der Waals surface area contributed by atoms with Crippen LogP contribution in [-0.2, 0) is 19.1 Å². The molecule has 5 rings (SSSR count). The number of carbonyl (C=O) groups excluding carboxylic acids is 2. The highest BCUT2D eigenvalue weighted by Crippen LogP contribution is 2.27. The molecule has 2 heterocycles. The van der Waals surface area contributed by atoms with Gasteiger partial charge in [0, 0.05) is 48.7 Å². The molecule has 69 heavy (non-hydrogen) atoms. The first kappa shape index (κ1) is 54.6. The van der Waals surface area contributed by atoms with Crippen molar-refractivity contribution >= 4 is 75.2 Å². The van der Waals surface area contributed by atoms with Crippen molar-refractivity contribution in [1.29, 1.82) is 0 Å². The molecule has 0 aromatic heterocycles. The van der Waals surface area contributed by atoms with Gasteiger partial charge in [0.25, 0.3) is 0 Å². The van der Waals surface area contributed by atoms with Crippen LogP contribution in [0.5, 0.6) is 11.5 Å². The average molecular weight is 1010 g/mol. The zero-order chi connectivity index (χ0) is 50.0. The van der Waals surface area contributed by atoms with Crippen LogP contribution < -0.4 is 41.4 Å². The molecule has 3 aromatic carbocycles. The van der Waals surface area contributed by atoms with Gasteiger partial charge in [-0.05, 0) is 117 Å². The fourth-order valence-corrected chi connectivity index (χ4v) is 7.54. The van der Waals surface area contributed by atoms with Gasteiger partial charge in [-0.3, -0.25) is 9.59 Å². The number of benzene rings is 3. The number of hydrogen-bond acceptors (Lipinski definition) is 17.